The van der Waals surface area contributed by atoms with E-state index in [9.17, 15) is 14.0 Å². The van der Waals surface area contributed by atoms with Gasteiger partial charge in [-0.15, -0.1) is 0 Å². The van der Waals surface area contributed by atoms with Crippen molar-refractivity contribution in [3.63, 3.8) is 0 Å². The smallest absolute Gasteiger partial charge is 0.269 e. The van der Waals surface area contributed by atoms with Crippen LogP contribution in [-0.2, 0) is 4.79 Å². The number of hydrogen-bond acceptors (Lipinski definition) is 5. The fourth-order valence-electron chi connectivity index (χ4n) is 3.14. The van der Waals surface area contributed by atoms with Crippen molar-refractivity contribution in [3.05, 3.63) is 65.3 Å². The SMILES string of the molecule is C=C(CCNC(=O)c1cc(N2CCCC2)ccn1)NC(=O)COc1ccc(Cl)c(F)c1. The molecule has 0 saturated carbocycles. The zero-order valence-corrected chi connectivity index (χ0v) is 17.8. The number of nitrogens with zero attached hydrogens (tertiary/aromatic N) is 2. The van der Waals surface area contributed by atoms with Crippen LogP contribution in [0, 0.1) is 5.82 Å². The average Bonchev–Trinajstić information content (AvgIpc) is 3.29. The summed E-state index contributed by atoms with van der Waals surface area (Å²) < 4.78 is 18.6. The Kier molecular flexibility index (Phi) is 7.83. The number of carbonyl (C=O) groups is 2. The molecule has 164 valence electrons. The van der Waals surface area contributed by atoms with Crippen LogP contribution in [0.15, 0.2) is 48.8 Å². The molecule has 0 bridgehead atoms. The third-order valence-corrected chi connectivity index (χ3v) is 5.04. The van der Waals surface area contributed by atoms with Gasteiger partial charge in [0.15, 0.2) is 6.61 Å². The topological polar surface area (TPSA) is 83.6 Å². The Morgan fingerprint density at radius 3 is 2.74 bits per heavy atom. The van der Waals surface area contributed by atoms with Crippen molar-refractivity contribution in [1.82, 2.24) is 15.6 Å². The maximum atomic E-state index is 13.4. The van der Waals surface area contributed by atoms with Crippen LogP contribution in [0.3, 0.4) is 0 Å². The highest BCUT2D eigenvalue weighted by Crippen LogP contribution is 2.21. The zero-order valence-electron chi connectivity index (χ0n) is 17.0. The second-order valence-corrected chi connectivity index (χ2v) is 7.52. The van der Waals surface area contributed by atoms with Crippen LogP contribution in [0.2, 0.25) is 5.02 Å². The molecule has 1 saturated heterocycles. The highest BCUT2D eigenvalue weighted by molar-refractivity contribution is 6.30. The molecule has 3 rings (SSSR count). The predicted molar refractivity (Wildman–Crippen MR) is 117 cm³/mol. The molecule has 1 aromatic heterocycles. The van der Waals surface area contributed by atoms with Crippen molar-refractivity contribution >= 4 is 29.1 Å². The molecule has 0 aliphatic carbocycles. The number of hydrogen-bond donors (Lipinski definition) is 2. The van der Waals surface area contributed by atoms with E-state index in [2.05, 4.69) is 27.1 Å². The van der Waals surface area contributed by atoms with Gasteiger partial charge in [0.25, 0.3) is 11.8 Å². The van der Waals surface area contributed by atoms with E-state index >= 15 is 0 Å². The third kappa shape index (κ3) is 6.68. The molecule has 2 heterocycles. The summed E-state index contributed by atoms with van der Waals surface area (Å²) in [4.78, 5) is 30.7. The quantitative estimate of drug-likeness (QED) is 0.617. The fraction of sp³-hybridized carbons (Fsp3) is 0.318. The maximum absolute atomic E-state index is 13.4. The van der Waals surface area contributed by atoms with Gasteiger partial charge in [0, 0.05) is 49.7 Å². The molecule has 1 fully saturated rings. The van der Waals surface area contributed by atoms with Crippen LogP contribution in [-0.4, -0.2) is 43.0 Å². The van der Waals surface area contributed by atoms with Crippen molar-refractivity contribution in [2.45, 2.75) is 19.3 Å². The summed E-state index contributed by atoms with van der Waals surface area (Å²) >= 11 is 5.60. The fourth-order valence-corrected chi connectivity index (χ4v) is 3.26. The van der Waals surface area contributed by atoms with Gasteiger partial charge < -0.3 is 20.3 Å². The number of halogens is 2. The molecule has 1 aliphatic rings. The van der Waals surface area contributed by atoms with E-state index in [1.54, 1.807) is 12.3 Å². The second-order valence-electron chi connectivity index (χ2n) is 7.12. The molecule has 1 aliphatic heterocycles. The molecule has 9 heteroatoms. The van der Waals surface area contributed by atoms with Crippen molar-refractivity contribution in [3.8, 4) is 5.75 Å². The van der Waals surface area contributed by atoms with E-state index in [-0.39, 0.29) is 29.8 Å². The minimum atomic E-state index is -0.625. The molecule has 2 aromatic rings. The average molecular weight is 447 g/mol. The number of aromatic nitrogens is 1. The normalized spacial score (nSPS) is 13.0. The first kappa shape index (κ1) is 22.6. The summed E-state index contributed by atoms with van der Waals surface area (Å²) in [5, 5.41) is 5.33. The number of ether oxygens (including phenoxy) is 1. The number of anilines is 1. The molecule has 1 aromatic carbocycles. The molecule has 0 unspecified atom stereocenters. The summed E-state index contributed by atoms with van der Waals surface area (Å²) in [7, 11) is 0. The lowest BCUT2D eigenvalue weighted by atomic mass is 10.2. The number of amides is 2. The van der Waals surface area contributed by atoms with Gasteiger partial charge in [0.05, 0.1) is 5.02 Å². The predicted octanol–water partition coefficient (Wildman–Crippen LogP) is 3.30. The Labute approximate surface area is 185 Å². The number of pyridine rings is 1. The van der Waals surface area contributed by atoms with Gasteiger partial charge in [0.1, 0.15) is 17.3 Å². The molecule has 7 nitrogen and oxygen atoms in total. The Bertz CT molecular complexity index is 964. The molecular formula is C22H24ClFN4O3. The first-order chi connectivity index (χ1) is 14.9. The largest absolute Gasteiger partial charge is 0.484 e. The van der Waals surface area contributed by atoms with E-state index in [4.69, 9.17) is 16.3 Å². The van der Waals surface area contributed by atoms with E-state index in [0.717, 1.165) is 37.7 Å². The lowest BCUT2D eigenvalue weighted by Gasteiger charge is -2.17. The van der Waals surface area contributed by atoms with Gasteiger partial charge in [-0.2, -0.15) is 0 Å². The van der Waals surface area contributed by atoms with Crippen LogP contribution in [0.5, 0.6) is 5.75 Å². The van der Waals surface area contributed by atoms with Crippen molar-refractivity contribution in [2.24, 2.45) is 0 Å². The van der Waals surface area contributed by atoms with Gasteiger partial charge in [-0.3, -0.25) is 14.6 Å². The molecule has 2 N–H and O–H groups in total. The number of nitrogens with one attached hydrogen (secondary N) is 2. The Morgan fingerprint density at radius 1 is 1.23 bits per heavy atom. The van der Waals surface area contributed by atoms with Crippen molar-refractivity contribution in [2.75, 3.05) is 31.1 Å². The summed E-state index contributed by atoms with van der Waals surface area (Å²) in [5.41, 5.74) is 1.77. The monoisotopic (exact) mass is 446 g/mol. The molecule has 0 atom stereocenters. The first-order valence-electron chi connectivity index (χ1n) is 9.97. The van der Waals surface area contributed by atoms with Gasteiger partial charge in [0.2, 0.25) is 0 Å². The van der Waals surface area contributed by atoms with E-state index in [0.29, 0.717) is 17.8 Å². The second kappa shape index (κ2) is 10.8. The minimum absolute atomic E-state index is 0.0230. The third-order valence-electron chi connectivity index (χ3n) is 4.74. The van der Waals surface area contributed by atoms with E-state index in [1.807, 2.05) is 6.07 Å². The van der Waals surface area contributed by atoms with Crippen LogP contribution in [0.1, 0.15) is 29.8 Å². The molecule has 31 heavy (non-hydrogen) atoms. The Morgan fingerprint density at radius 2 is 2.00 bits per heavy atom. The van der Waals surface area contributed by atoms with Crippen molar-refractivity contribution < 1.29 is 18.7 Å². The van der Waals surface area contributed by atoms with Gasteiger partial charge in [-0.25, -0.2) is 4.39 Å². The lowest BCUT2D eigenvalue weighted by Crippen LogP contribution is -2.31. The van der Waals surface area contributed by atoms with E-state index in [1.165, 1.54) is 12.1 Å². The van der Waals surface area contributed by atoms with Gasteiger partial charge in [-0.05, 0) is 37.1 Å². The Hall–Kier alpha value is -3.13. The first-order valence-corrected chi connectivity index (χ1v) is 10.3. The van der Waals surface area contributed by atoms with Gasteiger partial charge >= 0.3 is 0 Å². The maximum Gasteiger partial charge on any atom is 0.269 e. The summed E-state index contributed by atoms with van der Waals surface area (Å²) in [5.74, 6) is -1.15. The highest BCUT2D eigenvalue weighted by Gasteiger charge is 2.15. The minimum Gasteiger partial charge on any atom is -0.484 e. The van der Waals surface area contributed by atoms with Gasteiger partial charge in [-0.1, -0.05) is 18.2 Å². The summed E-state index contributed by atoms with van der Waals surface area (Å²) in [6.07, 6.45) is 4.28. The number of benzene rings is 1. The van der Waals surface area contributed by atoms with E-state index < -0.39 is 11.7 Å². The molecule has 0 radical (unpaired) electrons. The summed E-state index contributed by atoms with van der Waals surface area (Å²) in [6.45, 7) is 5.73. The van der Waals surface area contributed by atoms with Crippen molar-refractivity contribution in [1.29, 1.82) is 0 Å². The van der Waals surface area contributed by atoms with Crippen LogP contribution < -0.4 is 20.3 Å². The number of rotatable bonds is 9. The zero-order chi connectivity index (χ0) is 22.2. The summed E-state index contributed by atoms with van der Waals surface area (Å²) in [6, 6.07) is 7.61. The van der Waals surface area contributed by atoms with Crippen LogP contribution >= 0.6 is 11.6 Å². The van der Waals surface area contributed by atoms with Crippen LogP contribution in [0.25, 0.3) is 0 Å². The Balaban J connectivity index is 1.38. The lowest BCUT2D eigenvalue weighted by molar-refractivity contribution is -0.122. The number of carbonyl (C=O) groups excluding carboxylic acids is 2. The molecular weight excluding hydrogens is 423 g/mol. The highest BCUT2D eigenvalue weighted by atomic mass is 35.5. The standard InChI is InChI=1S/C22H24ClFN4O3/c1-15(27-21(29)14-31-17-4-5-18(23)19(24)13-17)6-8-26-22(30)20-12-16(7-9-25-20)28-10-2-3-11-28/h4-5,7,9,12-13H,1-3,6,8,10-11,14H2,(H,26,30)(H,27,29). The van der Waals surface area contributed by atoms with Crippen LogP contribution in [0.4, 0.5) is 10.1 Å². The molecule has 2 amide bonds. The molecule has 0 spiro atoms.